The Bertz CT molecular complexity index is 850. The van der Waals surface area contributed by atoms with Crippen LogP contribution < -0.4 is 5.32 Å². The van der Waals surface area contributed by atoms with E-state index >= 15 is 0 Å². The van der Waals surface area contributed by atoms with E-state index in [0.29, 0.717) is 5.69 Å². The van der Waals surface area contributed by atoms with Crippen molar-refractivity contribution in [3.05, 3.63) is 70.3 Å². The number of halogens is 1. The van der Waals surface area contributed by atoms with E-state index in [2.05, 4.69) is 26.2 Å². The molecular weight excluding hydrogens is 356 g/mol. The maximum Gasteiger partial charge on any atom is 0.412 e. The lowest BCUT2D eigenvalue weighted by Gasteiger charge is -2.11. The molecule has 0 aliphatic heterocycles. The monoisotopic (exact) mass is 370 g/mol. The summed E-state index contributed by atoms with van der Waals surface area (Å²) in [6.07, 6.45) is 1.16. The number of anilines is 1. The van der Waals surface area contributed by atoms with E-state index in [4.69, 9.17) is 4.74 Å². The number of hydrogen-bond acceptors (Lipinski definition) is 3. The number of aryl methyl sites for hydroxylation is 1. The lowest BCUT2D eigenvalue weighted by atomic mass is 10.1. The molecule has 116 valence electrons. The SMILES string of the molecule is Cc1c(NC(=O)OCc2ccccc2)cnc2ccc(Br)cc12. The highest BCUT2D eigenvalue weighted by Gasteiger charge is 2.09. The van der Waals surface area contributed by atoms with Crippen LogP contribution in [0.2, 0.25) is 0 Å². The predicted octanol–water partition coefficient (Wildman–Crippen LogP) is 5.05. The number of nitrogens with one attached hydrogen (secondary N) is 1. The number of ether oxygens (including phenoxy) is 1. The molecule has 0 saturated carbocycles. The van der Waals surface area contributed by atoms with Gasteiger partial charge >= 0.3 is 6.09 Å². The third-order valence-corrected chi connectivity index (χ3v) is 4.04. The molecule has 0 fully saturated rings. The zero-order valence-corrected chi connectivity index (χ0v) is 14.1. The summed E-state index contributed by atoms with van der Waals surface area (Å²) in [6, 6.07) is 15.4. The molecule has 0 aliphatic carbocycles. The normalized spacial score (nSPS) is 10.5. The van der Waals surface area contributed by atoms with Gasteiger partial charge in [0.15, 0.2) is 0 Å². The third kappa shape index (κ3) is 3.68. The summed E-state index contributed by atoms with van der Waals surface area (Å²) in [7, 11) is 0. The molecule has 1 heterocycles. The van der Waals surface area contributed by atoms with Crippen LogP contribution in [0.25, 0.3) is 10.9 Å². The maximum atomic E-state index is 12.0. The van der Waals surface area contributed by atoms with E-state index in [1.54, 1.807) is 6.20 Å². The highest BCUT2D eigenvalue weighted by atomic mass is 79.9. The Morgan fingerprint density at radius 1 is 1.22 bits per heavy atom. The van der Waals surface area contributed by atoms with Gasteiger partial charge in [-0.1, -0.05) is 46.3 Å². The molecule has 0 atom stereocenters. The Labute approximate surface area is 142 Å². The molecule has 3 rings (SSSR count). The van der Waals surface area contributed by atoms with Crippen molar-refractivity contribution in [3.63, 3.8) is 0 Å². The number of fused-ring (bicyclic) bond motifs is 1. The first kappa shape index (κ1) is 15.5. The lowest BCUT2D eigenvalue weighted by molar-refractivity contribution is 0.155. The molecule has 1 aromatic heterocycles. The van der Waals surface area contributed by atoms with Gasteiger partial charge < -0.3 is 4.74 Å². The Hall–Kier alpha value is -2.40. The molecule has 4 nitrogen and oxygen atoms in total. The fourth-order valence-electron chi connectivity index (χ4n) is 2.29. The minimum Gasteiger partial charge on any atom is -0.444 e. The molecule has 5 heteroatoms. The van der Waals surface area contributed by atoms with Crippen LogP contribution in [0, 0.1) is 6.92 Å². The first-order valence-electron chi connectivity index (χ1n) is 7.16. The van der Waals surface area contributed by atoms with Crippen LogP contribution in [0.4, 0.5) is 10.5 Å². The molecule has 3 aromatic rings. The van der Waals surface area contributed by atoms with E-state index < -0.39 is 6.09 Å². The largest absolute Gasteiger partial charge is 0.444 e. The number of hydrogen-bond donors (Lipinski definition) is 1. The number of rotatable bonds is 3. The summed E-state index contributed by atoms with van der Waals surface area (Å²) >= 11 is 3.45. The molecule has 23 heavy (non-hydrogen) atoms. The van der Waals surface area contributed by atoms with Crippen LogP contribution >= 0.6 is 15.9 Å². The smallest absolute Gasteiger partial charge is 0.412 e. The van der Waals surface area contributed by atoms with Gasteiger partial charge in [-0.25, -0.2) is 4.79 Å². The number of benzene rings is 2. The van der Waals surface area contributed by atoms with Gasteiger partial charge in [0, 0.05) is 9.86 Å². The zero-order valence-electron chi connectivity index (χ0n) is 12.5. The molecule has 0 unspecified atom stereocenters. The van der Waals surface area contributed by atoms with Gasteiger partial charge in [0.1, 0.15) is 6.61 Å². The number of aromatic nitrogens is 1. The van der Waals surface area contributed by atoms with Gasteiger partial charge in [-0.2, -0.15) is 0 Å². The number of pyridine rings is 1. The highest BCUT2D eigenvalue weighted by molar-refractivity contribution is 9.10. The number of nitrogens with zero attached hydrogens (tertiary/aromatic N) is 1. The molecule has 1 N–H and O–H groups in total. The fraction of sp³-hybridized carbons (Fsp3) is 0.111. The third-order valence-electron chi connectivity index (χ3n) is 3.55. The quantitative estimate of drug-likeness (QED) is 0.701. The average Bonchev–Trinajstić information content (AvgIpc) is 2.57. The summed E-state index contributed by atoms with van der Waals surface area (Å²) < 4.78 is 6.21. The summed E-state index contributed by atoms with van der Waals surface area (Å²) in [6.45, 7) is 2.18. The molecule has 0 spiro atoms. The van der Waals surface area contributed by atoms with Crippen molar-refractivity contribution in [2.75, 3.05) is 5.32 Å². The Balaban J connectivity index is 1.73. The highest BCUT2D eigenvalue weighted by Crippen LogP contribution is 2.26. The Morgan fingerprint density at radius 2 is 2.00 bits per heavy atom. The number of amides is 1. The van der Waals surface area contributed by atoms with Crippen molar-refractivity contribution >= 4 is 38.6 Å². The van der Waals surface area contributed by atoms with Crippen molar-refractivity contribution in [1.29, 1.82) is 0 Å². The molecule has 1 amide bonds. The van der Waals surface area contributed by atoms with E-state index in [1.807, 2.05) is 55.5 Å². The standard InChI is InChI=1S/C18H15BrN2O2/c1-12-15-9-14(19)7-8-16(15)20-10-17(12)21-18(22)23-11-13-5-3-2-4-6-13/h2-10H,11H2,1H3,(H,21,22). The lowest BCUT2D eigenvalue weighted by Crippen LogP contribution is -2.14. The summed E-state index contributed by atoms with van der Waals surface area (Å²) in [5.41, 5.74) is 3.43. The van der Waals surface area contributed by atoms with E-state index in [-0.39, 0.29) is 6.61 Å². The molecular formula is C18H15BrN2O2. The summed E-state index contributed by atoms with van der Waals surface area (Å²) in [5, 5.41) is 3.74. The second-order valence-electron chi connectivity index (χ2n) is 5.15. The molecule has 0 aliphatic rings. The molecule has 0 bridgehead atoms. The summed E-state index contributed by atoms with van der Waals surface area (Å²) in [4.78, 5) is 16.3. The number of carbonyl (C=O) groups is 1. The van der Waals surface area contributed by atoms with Crippen LogP contribution in [-0.2, 0) is 11.3 Å². The van der Waals surface area contributed by atoms with E-state index in [9.17, 15) is 4.79 Å². The fourth-order valence-corrected chi connectivity index (χ4v) is 2.65. The van der Waals surface area contributed by atoms with Crippen molar-refractivity contribution in [2.24, 2.45) is 0 Å². The predicted molar refractivity (Wildman–Crippen MR) is 94.4 cm³/mol. The van der Waals surface area contributed by atoms with E-state index in [1.165, 1.54) is 0 Å². The number of carbonyl (C=O) groups excluding carboxylic acids is 1. The topological polar surface area (TPSA) is 51.2 Å². The zero-order chi connectivity index (χ0) is 16.2. The minimum absolute atomic E-state index is 0.234. The van der Waals surface area contributed by atoms with Crippen LogP contribution in [-0.4, -0.2) is 11.1 Å². The van der Waals surface area contributed by atoms with Crippen molar-refractivity contribution in [3.8, 4) is 0 Å². The molecule has 2 aromatic carbocycles. The van der Waals surface area contributed by atoms with Crippen LogP contribution in [0.3, 0.4) is 0 Å². The molecule has 0 saturated heterocycles. The molecule has 0 radical (unpaired) electrons. The second kappa shape index (κ2) is 6.79. The van der Waals surface area contributed by atoms with Gasteiger partial charge in [0.25, 0.3) is 0 Å². The maximum absolute atomic E-state index is 12.0. The van der Waals surface area contributed by atoms with E-state index in [0.717, 1.165) is 26.5 Å². The minimum atomic E-state index is -0.493. The van der Waals surface area contributed by atoms with Crippen molar-refractivity contribution < 1.29 is 9.53 Å². The second-order valence-corrected chi connectivity index (χ2v) is 6.06. The summed E-state index contributed by atoms with van der Waals surface area (Å²) in [5.74, 6) is 0. The first-order valence-corrected chi connectivity index (χ1v) is 7.95. The average molecular weight is 371 g/mol. The Kier molecular flexibility index (Phi) is 4.57. The van der Waals surface area contributed by atoms with Gasteiger partial charge in [-0.05, 0) is 36.2 Å². The van der Waals surface area contributed by atoms with Crippen molar-refractivity contribution in [1.82, 2.24) is 4.98 Å². The van der Waals surface area contributed by atoms with Gasteiger partial charge in [-0.3, -0.25) is 10.3 Å². The van der Waals surface area contributed by atoms with Crippen LogP contribution in [0.5, 0.6) is 0 Å². The van der Waals surface area contributed by atoms with Gasteiger partial charge in [0.05, 0.1) is 17.4 Å². The first-order chi connectivity index (χ1) is 11.1. The Morgan fingerprint density at radius 3 is 2.78 bits per heavy atom. The van der Waals surface area contributed by atoms with Crippen LogP contribution in [0.1, 0.15) is 11.1 Å². The van der Waals surface area contributed by atoms with Gasteiger partial charge in [-0.15, -0.1) is 0 Å². The van der Waals surface area contributed by atoms with Crippen LogP contribution in [0.15, 0.2) is 59.2 Å². The van der Waals surface area contributed by atoms with Crippen molar-refractivity contribution in [2.45, 2.75) is 13.5 Å². The van der Waals surface area contributed by atoms with Gasteiger partial charge in [0.2, 0.25) is 0 Å².